The molecule has 1 saturated carbocycles. The average molecular weight is 276 g/mol. The molecule has 3 heteroatoms. The van der Waals surface area contributed by atoms with Gasteiger partial charge in [-0.3, -0.25) is 4.79 Å². The lowest BCUT2D eigenvalue weighted by Crippen LogP contribution is -2.43. The Bertz CT molecular complexity index is 208. The van der Waals surface area contributed by atoms with Gasteiger partial charge in [0.1, 0.15) is 0 Å². The minimum atomic E-state index is 0.313. The van der Waals surface area contributed by atoms with Crippen LogP contribution in [0.25, 0.3) is 0 Å². The predicted molar refractivity (Wildman–Crippen MR) is 67.3 cm³/mol. The average Bonchev–Trinajstić information content (AvgIpc) is 2.25. The Kier molecular flexibility index (Phi) is 5.65. The fraction of sp³-hybridized carbons (Fsp3) is 0.917. The third-order valence-corrected chi connectivity index (χ3v) is 4.35. The number of hydrogen-bond donors (Lipinski definition) is 0. The van der Waals surface area contributed by atoms with Gasteiger partial charge in [0.25, 0.3) is 0 Å². The minimum absolute atomic E-state index is 0.313. The molecule has 0 N–H and O–H groups in total. The number of hydrogen-bond acceptors (Lipinski definition) is 1. The van der Waals surface area contributed by atoms with Crippen LogP contribution in [0.1, 0.15) is 51.9 Å². The van der Waals surface area contributed by atoms with E-state index in [-0.39, 0.29) is 0 Å². The number of halogens is 1. The third-order valence-electron chi connectivity index (χ3n) is 3.28. The first-order valence-corrected chi connectivity index (χ1v) is 6.98. The molecule has 0 saturated heterocycles. The highest BCUT2D eigenvalue weighted by Gasteiger charge is 2.28. The molecule has 1 aliphatic rings. The summed E-state index contributed by atoms with van der Waals surface area (Å²) in [5.41, 5.74) is 0. The van der Waals surface area contributed by atoms with Gasteiger partial charge in [-0.05, 0) is 19.3 Å². The topological polar surface area (TPSA) is 20.3 Å². The van der Waals surface area contributed by atoms with Crippen molar-refractivity contribution in [1.82, 2.24) is 4.90 Å². The number of alkyl halides is 1. The van der Waals surface area contributed by atoms with E-state index in [9.17, 15) is 4.79 Å². The Morgan fingerprint density at radius 3 is 2.67 bits per heavy atom. The van der Waals surface area contributed by atoms with E-state index in [1.165, 1.54) is 19.3 Å². The summed E-state index contributed by atoms with van der Waals surface area (Å²) in [5.74, 6) is 0.313. The fourth-order valence-corrected chi connectivity index (χ4v) is 3.13. The molecule has 0 spiro atoms. The Morgan fingerprint density at radius 1 is 1.40 bits per heavy atom. The first-order chi connectivity index (χ1) is 7.16. The molecular formula is C12H22BrNO. The highest BCUT2D eigenvalue weighted by molar-refractivity contribution is 9.09. The number of nitrogens with zero attached hydrogens (tertiary/aromatic N) is 1. The fourth-order valence-electron chi connectivity index (χ4n) is 2.19. The smallest absolute Gasteiger partial charge is 0.222 e. The molecule has 88 valence electrons. The summed E-state index contributed by atoms with van der Waals surface area (Å²) in [6, 6.07) is 0.420. The summed E-state index contributed by atoms with van der Waals surface area (Å²) >= 11 is 3.70. The first-order valence-electron chi connectivity index (χ1n) is 6.06. The van der Waals surface area contributed by atoms with Crippen molar-refractivity contribution < 1.29 is 4.79 Å². The van der Waals surface area contributed by atoms with Gasteiger partial charge in [0.15, 0.2) is 0 Å². The zero-order valence-corrected chi connectivity index (χ0v) is 11.4. The molecule has 0 bridgehead atoms. The van der Waals surface area contributed by atoms with E-state index in [1.807, 2.05) is 11.9 Å². The van der Waals surface area contributed by atoms with Crippen LogP contribution in [0.2, 0.25) is 0 Å². The highest BCUT2D eigenvalue weighted by atomic mass is 79.9. The van der Waals surface area contributed by atoms with Crippen LogP contribution in [0.3, 0.4) is 0 Å². The van der Waals surface area contributed by atoms with Crippen molar-refractivity contribution in [1.29, 1.82) is 0 Å². The molecule has 1 rings (SSSR count). The molecule has 2 nitrogen and oxygen atoms in total. The second-order valence-corrected chi connectivity index (χ2v) is 5.65. The maximum absolute atomic E-state index is 11.9. The zero-order chi connectivity index (χ0) is 11.3. The van der Waals surface area contributed by atoms with Crippen molar-refractivity contribution in [3.8, 4) is 0 Å². The Morgan fingerprint density at radius 2 is 2.07 bits per heavy atom. The van der Waals surface area contributed by atoms with Crippen LogP contribution < -0.4 is 0 Å². The number of carbonyl (C=O) groups is 1. The summed E-state index contributed by atoms with van der Waals surface area (Å²) < 4.78 is 0. The SMILES string of the molecule is CCCCC(=O)N(C)C1CCCCC1Br. The second-order valence-electron chi connectivity index (χ2n) is 4.48. The molecule has 15 heavy (non-hydrogen) atoms. The Hall–Kier alpha value is -0.0500. The first kappa shape index (κ1) is 13.0. The molecule has 0 aromatic rings. The molecule has 0 radical (unpaired) electrons. The summed E-state index contributed by atoms with van der Waals surface area (Å²) in [6.45, 7) is 2.13. The van der Waals surface area contributed by atoms with Gasteiger partial charge < -0.3 is 4.90 Å². The van der Waals surface area contributed by atoms with Gasteiger partial charge in [-0.15, -0.1) is 0 Å². The van der Waals surface area contributed by atoms with E-state index in [0.717, 1.165) is 19.3 Å². The van der Waals surface area contributed by atoms with Crippen molar-refractivity contribution >= 4 is 21.8 Å². The molecule has 1 amide bonds. The normalized spacial score (nSPS) is 26.3. The van der Waals surface area contributed by atoms with Gasteiger partial charge in [-0.2, -0.15) is 0 Å². The lowest BCUT2D eigenvalue weighted by molar-refractivity contribution is -0.132. The molecule has 0 aliphatic heterocycles. The van der Waals surface area contributed by atoms with E-state index in [4.69, 9.17) is 0 Å². The van der Waals surface area contributed by atoms with Crippen molar-refractivity contribution in [2.75, 3.05) is 7.05 Å². The summed E-state index contributed by atoms with van der Waals surface area (Å²) in [6.07, 6.45) is 7.75. The number of unbranched alkanes of at least 4 members (excludes halogenated alkanes) is 1. The molecular weight excluding hydrogens is 254 g/mol. The van der Waals surface area contributed by atoms with Crippen molar-refractivity contribution in [3.05, 3.63) is 0 Å². The Balaban J connectivity index is 2.42. The van der Waals surface area contributed by atoms with Crippen molar-refractivity contribution in [2.45, 2.75) is 62.7 Å². The van der Waals surface area contributed by atoms with Crippen molar-refractivity contribution in [3.63, 3.8) is 0 Å². The van der Waals surface area contributed by atoms with E-state index < -0.39 is 0 Å². The summed E-state index contributed by atoms with van der Waals surface area (Å²) in [7, 11) is 1.96. The monoisotopic (exact) mass is 275 g/mol. The molecule has 1 fully saturated rings. The quantitative estimate of drug-likeness (QED) is 0.721. The van der Waals surface area contributed by atoms with Gasteiger partial charge in [0.05, 0.1) is 0 Å². The lowest BCUT2D eigenvalue weighted by Gasteiger charge is -2.35. The maximum Gasteiger partial charge on any atom is 0.222 e. The minimum Gasteiger partial charge on any atom is -0.342 e. The maximum atomic E-state index is 11.9. The van der Waals surface area contributed by atoms with Crippen LogP contribution >= 0.6 is 15.9 Å². The molecule has 2 unspecified atom stereocenters. The van der Waals surface area contributed by atoms with E-state index in [1.54, 1.807) is 0 Å². The number of rotatable bonds is 4. The van der Waals surface area contributed by atoms with Gasteiger partial charge in [-0.1, -0.05) is 42.1 Å². The second kappa shape index (κ2) is 6.51. The van der Waals surface area contributed by atoms with E-state index in [2.05, 4.69) is 22.9 Å². The largest absolute Gasteiger partial charge is 0.342 e. The van der Waals surface area contributed by atoms with Crippen LogP contribution in [0.15, 0.2) is 0 Å². The molecule has 1 aliphatic carbocycles. The van der Waals surface area contributed by atoms with Crippen LogP contribution in [0, 0.1) is 0 Å². The molecule has 0 aromatic carbocycles. The standard InChI is InChI=1S/C12H22BrNO/c1-3-4-9-12(15)14(2)11-8-6-5-7-10(11)13/h10-11H,3-9H2,1-2H3. The summed E-state index contributed by atoms with van der Waals surface area (Å²) in [4.78, 5) is 14.3. The van der Waals surface area contributed by atoms with Gasteiger partial charge >= 0.3 is 0 Å². The van der Waals surface area contributed by atoms with Gasteiger partial charge in [0, 0.05) is 24.3 Å². The summed E-state index contributed by atoms with van der Waals surface area (Å²) in [5, 5.41) is 0. The van der Waals surface area contributed by atoms with Gasteiger partial charge in [-0.25, -0.2) is 0 Å². The van der Waals surface area contributed by atoms with Crippen LogP contribution in [-0.2, 0) is 4.79 Å². The van der Waals surface area contributed by atoms with E-state index >= 15 is 0 Å². The molecule has 2 atom stereocenters. The van der Waals surface area contributed by atoms with Crippen LogP contribution in [-0.4, -0.2) is 28.7 Å². The van der Waals surface area contributed by atoms with Gasteiger partial charge in [0.2, 0.25) is 5.91 Å². The lowest BCUT2D eigenvalue weighted by atomic mass is 9.94. The highest BCUT2D eigenvalue weighted by Crippen LogP contribution is 2.28. The Labute approximate surface area is 102 Å². The molecule has 0 aromatic heterocycles. The van der Waals surface area contributed by atoms with E-state index in [0.29, 0.717) is 23.2 Å². The van der Waals surface area contributed by atoms with Crippen LogP contribution in [0.5, 0.6) is 0 Å². The predicted octanol–water partition coefficient (Wildman–Crippen LogP) is 3.34. The molecule has 0 heterocycles. The van der Waals surface area contributed by atoms with Crippen LogP contribution in [0.4, 0.5) is 0 Å². The zero-order valence-electron chi connectivity index (χ0n) is 9.84. The number of amides is 1. The third kappa shape index (κ3) is 3.78. The number of carbonyl (C=O) groups excluding carboxylic acids is 1. The van der Waals surface area contributed by atoms with Crippen molar-refractivity contribution in [2.24, 2.45) is 0 Å².